The van der Waals surface area contributed by atoms with Gasteiger partial charge in [0.25, 0.3) is 0 Å². The molecule has 2 rings (SSSR count). The van der Waals surface area contributed by atoms with Crippen LogP contribution in [-0.4, -0.2) is 13.6 Å². The average molecular weight is 282 g/mol. The number of rotatable bonds is 6. The minimum absolute atomic E-state index is 0.916. The summed E-state index contributed by atoms with van der Waals surface area (Å²) in [7, 11) is 2.15. The first-order valence-corrected chi connectivity index (χ1v) is 7.73. The smallest absolute Gasteiger partial charge is 0.0453 e. The molecule has 2 aromatic carbocycles. The number of para-hydroxylation sites is 1. The maximum atomic E-state index is 3.50. The summed E-state index contributed by atoms with van der Waals surface area (Å²) in [4.78, 5) is 2.29. The van der Waals surface area contributed by atoms with Crippen molar-refractivity contribution in [3.8, 4) is 0 Å². The number of aryl methyl sites for hydroxylation is 2. The van der Waals surface area contributed by atoms with Crippen molar-refractivity contribution in [2.75, 3.05) is 18.5 Å². The molecule has 0 aliphatic carbocycles. The summed E-state index contributed by atoms with van der Waals surface area (Å²) in [6, 6.07) is 15.3. The number of nitrogens with one attached hydrogen (secondary N) is 1. The Morgan fingerprint density at radius 2 is 1.76 bits per heavy atom. The maximum absolute atomic E-state index is 3.50. The van der Waals surface area contributed by atoms with E-state index in [9.17, 15) is 0 Å². The Morgan fingerprint density at radius 3 is 2.48 bits per heavy atom. The lowest BCUT2D eigenvalue weighted by Crippen LogP contribution is -2.18. The van der Waals surface area contributed by atoms with Crippen LogP contribution in [0.25, 0.3) is 0 Å². The van der Waals surface area contributed by atoms with Gasteiger partial charge in [-0.2, -0.15) is 0 Å². The molecule has 2 heteroatoms. The third-order valence-corrected chi connectivity index (χ3v) is 3.81. The Kier molecular flexibility index (Phi) is 5.40. The highest BCUT2D eigenvalue weighted by Gasteiger charge is 2.10. The normalized spacial score (nSPS) is 10.7. The van der Waals surface area contributed by atoms with Crippen molar-refractivity contribution in [3.05, 3.63) is 59.2 Å². The highest BCUT2D eigenvalue weighted by molar-refractivity contribution is 5.68. The van der Waals surface area contributed by atoms with Crippen LogP contribution in [0.3, 0.4) is 0 Å². The second-order valence-corrected chi connectivity index (χ2v) is 5.65. The molecule has 0 spiro atoms. The van der Waals surface area contributed by atoms with Crippen molar-refractivity contribution in [2.24, 2.45) is 0 Å². The Balaban J connectivity index is 2.27. The Bertz CT molecular complexity index is 590. The van der Waals surface area contributed by atoms with E-state index in [1.807, 2.05) is 0 Å². The van der Waals surface area contributed by atoms with Crippen molar-refractivity contribution in [2.45, 2.75) is 33.7 Å². The van der Waals surface area contributed by atoms with Gasteiger partial charge >= 0.3 is 0 Å². The number of hydrogen-bond acceptors (Lipinski definition) is 2. The summed E-state index contributed by atoms with van der Waals surface area (Å²) < 4.78 is 0. The summed E-state index contributed by atoms with van der Waals surface area (Å²) in [5, 5.41) is 3.50. The lowest BCUT2D eigenvalue weighted by molar-refractivity contribution is 0.675. The topological polar surface area (TPSA) is 15.3 Å². The molecule has 0 fully saturated rings. The Hall–Kier alpha value is -1.80. The van der Waals surface area contributed by atoms with Gasteiger partial charge in [0.1, 0.15) is 0 Å². The van der Waals surface area contributed by atoms with Crippen molar-refractivity contribution in [1.82, 2.24) is 5.32 Å². The van der Waals surface area contributed by atoms with Gasteiger partial charge in [0.2, 0.25) is 0 Å². The van der Waals surface area contributed by atoms with Crippen molar-refractivity contribution in [3.63, 3.8) is 0 Å². The van der Waals surface area contributed by atoms with Crippen LogP contribution < -0.4 is 10.2 Å². The minimum atomic E-state index is 0.916. The molecule has 0 bridgehead atoms. The van der Waals surface area contributed by atoms with E-state index in [2.05, 4.69) is 80.5 Å². The summed E-state index contributed by atoms with van der Waals surface area (Å²) in [6.45, 7) is 8.48. The molecule has 112 valence electrons. The quantitative estimate of drug-likeness (QED) is 0.781. The summed E-state index contributed by atoms with van der Waals surface area (Å²) in [5.41, 5.74) is 6.50. The van der Waals surface area contributed by atoms with E-state index in [1.165, 1.54) is 28.1 Å². The van der Waals surface area contributed by atoms with Gasteiger partial charge in [0, 0.05) is 25.0 Å². The van der Waals surface area contributed by atoms with E-state index in [-0.39, 0.29) is 0 Å². The molecule has 0 aromatic heterocycles. The van der Waals surface area contributed by atoms with E-state index < -0.39 is 0 Å². The second-order valence-electron chi connectivity index (χ2n) is 5.65. The monoisotopic (exact) mass is 282 g/mol. The molecule has 0 heterocycles. The molecule has 0 unspecified atom stereocenters. The largest absolute Gasteiger partial charge is 0.344 e. The van der Waals surface area contributed by atoms with Gasteiger partial charge in [-0.25, -0.2) is 0 Å². The molecular formula is C19H26N2. The van der Waals surface area contributed by atoms with Crippen molar-refractivity contribution < 1.29 is 0 Å². The molecule has 0 amide bonds. The van der Waals surface area contributed by atoms with Crippen molar-refractivity contribution in [1.29, 1.82) is 0 Å². The highest BCUT2D eigenvalue weighted by atomic mass is 15.1. The van der Waals surface area contributed by atoms with E-state index in [1.54, 1.807) is 0 Å². The molecule has 0 aliphatic rings. The van der Waals surface area contributed by atoms with Gasteiger partial charge in [-0.05, 0) is 50.1 Å². The first-order valence-electron chi connectivity index (χ1n) is 7.73. The van der Waals surface area contributed by atoms with Crippen LogP contribution in [0.4, 0.5) is 11.4 Å². The van der Waals surface area contributed by atoms with Gasteiger partial charge in [-0.3, -0.25) is 0 Å². The third kappa shape index (κ3) is 3.85. The van der Waals surface area contributed by atoms with Gasteiger partial charge in [-0.1, -0.05) is 42.8 Å². The fraction of sp³-hybridized carbons (Fsp3) is 0.368. The van der Waals surface area contributed by atoms with E-state index in [0.717, 1.165) is 19.5 Å². The summed E-state index contributed by atoms with van der Waals surface area (Å²) in [5.74, 6) is 0. The average Bonchev–Trinajstić information content (AvgIpc) is 2.47. The van der Waals surface area contributed by atoms with Gasteiger partial charge in [0.05, 0.1) is 0 Å². The first kappa shape index (κ1) is 15.6. The standard InChI is InChI=1S/C19H26N2/c1-5-12-20-14-17-8-6-7-9-19(17)21(4)18-11-10-15(2)13-16(18)3/h6-11,13,20H,5,12,14H2,1-4H3. The molecule has 0 saturated carbocycles. The minimum Gasteiger partial charge on any atom is -0.344 e. The molecule has 21 heavy (non-hydrogen) atoms. The molecule has 0 saturated heterocycles. The number of benzene rings is 2. The van der Waals surface area contributed by atoms with Crippen LogP contribution in [0.2, 0.25) is 0 Å². The predicted octanol–water partition coefficient (Wildman–Crippen LogP) is 4.57. The fourth-order valence-electron chi connectivity index (χ4n) is 2.70. The SMILES string of the molecule is CCCNCc1ccccc1N(C)c1ccc(C)cc1C. The van der Waals surface area contributed by atoms with E-state index >= 15 is 0 Å². The Labute approximate surface area is 128 Å². The first-order chi connectivity index (χ1) is 10.1. The van der Waals surface area contributed by atoms with Crippen LogP contribution in [0.5, 0.6) is 0 Å². The van der Waals surface area contributed by atoms with Crippen LogP contribution in [0, 0.1) is 13.8 Å². The number of nitrogens with zero attached hydrogens (tertiary/aromatic N) is 1. The van der Waals surface area contributed by atoms with Gasteiger partial charge < -0.3 is 10.2 Å². The number of hydrogen-bond donors (Lipinski definition) is 1. The summed E-state index contributed by atoms with van der Waals surface area (Å²) in [6.07, 6.45) is 1.16. The van der Waals surface area contributed by atoms with Gasteiger partial charge in [-0.15, -0.1) is 0 Å². The molecule has 1 N–H and O–H groups in total. The van der Waals surface area contributed by atoms with Crippen molar-refractivity contribution >= 4 is 11.4 Å². The lowest BCUT2D eigenvalue weighted by atomic mass is 10.1. The fourth-order valence-corrected chi connectivity index (χ4v) is 2.70. The molecule has 0 aliphatic heterocycles. The molecule has 2 nitrogen and oxygen atoms in total. The zero-order valence-corrected chi connectivity index (χ0v) is 13.6. The molecule has 0 atom stereocenters. The van der Waals surface area contributed by atoms with E-state index in [0.29, 0.717) is 0 Å². The maximum Gasteiger partial charge on any atom is 0.0453 e. The molecular weight excluding hydrogens is 256 g/mol. The number of anilines is 2. The van der Waals surface area contributed by atoms with Crippen LogP contribution in [0.1, 0.15) is 30.0 Å². The highest BCUT2D eigenvalue weighted by Crippen LogP contribution is 2.29. The zero-order valence-electron chi connectivity index (χ0n) is 13.6. The molecule has 0 radical (unpaired) electrons. The third-order valence-electron chi connectivity index (χ3n) is 3.81. The van der Waals surface area contributed by atoms with Crippen LogP contribution in [0.15, 0.2) is 42.5 Å². The zero-order chi connectivity index (χ0) is 15.2. The van der Waals surface area contributed by atoms with Gasteiger partial charge in [0.15, 0.2) is 0 Å². The predicted molar refractivity (Wildman–Crippen MR) is 92.4 cm³/mol. The Morgan fingerprint density at radius 1 is 1.00 bits per heavy atom. The second kappa shape index (κ2) is 7.28. The molecule has 2 aromatic rings. The lowest BCUT2D eigenvalue weighted by Gasteiger charge is -2.25. The van der Waals surface area contributed by atoms with Crippen LogP contribution in [-0.2, 0) is 6.54 Å². The van der Waals surface area contributed by atoms with E-state index in [4.69, 9.17) is 0 Å². The van der Waals surface area contributed by atoms with Crippen LogP contribution >= 0.6 is 0 Å². The summed E-state index contributed by atoms with van der Waals surface area (Å²) >= 11 is 0.